The molecule has 0 saturated carbocycles. The molecule has 0 atom stereocenters. The molecule has 0 unspecified atom stereocenters. The Bertz CT molecular complexity index is 342. The van der Waals surface area contributed by atoms with E-state index in [1.165, 1.54) is 14.2 Å². The van der Waals surface area contributed by atoms with Gasteiger partial charge in [-0.3, -0.25) is 0 Å². The fraction of sp³-hybridized carbons (Fsp3) is 0.333. The molecule has 0 aromatic heterocycles. The number of rotatable bonds is 4. The predicted molar refractivity (Wildman–Crippen MR) is 46.1 cm³/mol. The van der Waals surface area contributed by atoms with Crippen molar-refractivity contribution in [1.82, 2.24) is 0 Å². The summed E-state index contributed by atoms with van der Waals surface area (Å²) in [7, 11) is 2.41. The molecule has 0 aliphatic heterocycles. The topological polar surface area (TPSA) is 27.7 Å². The maximum Gasteiger partial charge on any atom is 0.387 e. The van der Waals surface area contributed by atoms with Crippen molar-refractivity contribution < 1.29 is 27.4 Å². The average molecular weight is 222 g/mol. The molecule has 0 bridgehead atoms. The standard InChI is InChI=1S/C9H9F3O3/c1-13-7-5(10)3-4-6(8(7)14-2)15-9(11)12/h3-4,9H,1-2H3. The Labute approximate surface area is 84.4 Å². The molecule has 0 spiro atoms. The van der Waals surface area contributed by atoms with Crippen LogP contribution in [0.15, 0.2) is 12.1 Å². The Kier molecular flexibility index (Phi) is 3.65. The molecule has 1 aromatic rings. The quantitative estimate of drug-likeness (QED) is 0.783. The molecule has 0 radical (unpaired) electrons. The summed E-state index contributed by atoms with van der Waals surface area (Å²) in [6, 6.07) is 2.00. The summed E-state index contributed by atoms with van der Waals surface area (Å²) in [5, 5.41) is 0. The van der Waals surface area contributed by atoms with Gasteiger partial charge in [0.25, 0.3) is 0 Å². The zero-order chi connectivity index (χ0) is 11.4. The third-order valence-corrected chi connectivity index (χ3v) is 1.65. The lowest BCUT2D eigenvalue weighted by Gasteiger charge is -2.13. The molecule has 0 aliphatic carbocycles. The highest BCUT2D eigenvalue weighted by atomic mass is 19.3. The van der Waals surface area contributed by atoms with E-state index in [0.717, 1.165) is 12.1 Å². The van der Waals surface area contributed by atoms with Crippen molar-refractivity contribution in [3.8, 4) is 17.2 Å². The maximum absolute atomic E-state index is 13.1. The zero-order valence-corrected chi connectivity index (χ0v) is 8.09. The fourth-order valence-corrected chi connectivity index (χ4v) is 1.09. The van der Waals surface area contributed by atoms with Gasteiger partial charge in [-0.1, -0.05) is 0 Å². The van der Waals surface area contributed by atoms with Gasteiger partial charge in [-0.15, -0.1) is 0 Å². The maximum atomic E-state index is 13.1. The number of alkyl halides is 2. The number of benzene rings is 1. The minimum Gasteiger partial charge on any atom is -0.490 e. The van der Waals surface area contributed by atoms with Crippen molar-refractivity contribution in [2.24, 2.45) is 0 Å². The normalized spacial score (nSPS) is 10.3. The predicted octanol–water partition coefficient (Wildman–Crippen LogP) is 2.44. The van der Waals surface area contributed by atoms with Crippen molar-refractivity contribution in [3.63, 3.8) is 0 Å². The van der Waals surface area contributed by atoms with Gasteiger partial charge in [-0.2, -0.15) is 8.78 Å². The Balaban J connectivity index is 3.16. The van der Waals surface area contributed by atoms with Crippen LogP contribution in [0.1, 0.15) is 0 Å². The Hall–Kier alpha value is -1.59. The Morgan fingerprint density at radius 3 is 2.13 bits per heavy atom. The van der Waals surface area contributed by atoms with E-state index in [1.807, 2.05) is 0 Å². The number of hydrogen-bond acceptors (Lipinski definition) is 3. The van der Waals surface area contributed by atoms with Crippen molar-refractivity contribution in [1.29, 1.82) is 0 Å². The van der Waals surface area contributed by atoms with E-state index in [0.29, 0.717) is 0 Å². The van der Waals surface area contributed by atoms with E-state index in [4.69, 9.17) is 4.74 Å². The number of halogens is 3. The van der Waals surface area contributed by atoms with Gasteiger partial charge in [0.2, 0.25) is 11.5 Å². The van der Waals surface area contributed by atoms with E-state index in [-0.39, 0.29) is 17.2 Å². The van der Waals surface area contributed by atoms with E-state index < -0.39 is 12.4 Å². The lowest BCUT2D eigenvalue weighted by molar-refractivity contribution is -0.0514. The Morgan fingerprint density at radius 1 is 1.07 bits per heavy atom. The van der Waals surface area contributed by atoms with Crippen LogP contribution in [0.5, 0.6) is 17.2 Å². The van der Waals surface area contributed by atoms with E-state index in [2.05, 4.69) is 9.47 Å². The molecule has 3 nitrogen and oxygen atoms in total. The third-order valence-electron chi connectivity index (χ3n) is 1.65. The second kappa shape index (κ2) is 4.77. The summed E-state index contributed by atoms with van der Waals surface area (Å²) in [6.45, 7) is -3.01. The molecule has 0 N–H and O–H groups in total. The summed E-state index contributed by atoms with van der Waals surface area (Å²) >= 11 is 0. The van der Waals surface area contributed by atoms with Crippen LogP contribution in [0.3, 0.4) is 0 Å². The van der Waals surface area contributed by atoms with Gasteiger partial charge >= 0.3 is 6.61 Å². The average Bonchev–Trinajstić information content (AvgIpc) is 2.19. The lowest BCUT2D eigenvalue weighted by Crippen LogP contribution is -2.05. The molecule has 0 fully saturated rings. The second-order valence-corrected chi connectivity index (χ2v) is 2.49. The minimum absolute atomic E-state index is 0.196. The first-order chi connectivity index (χ1) is 7.10. The van der Waals surface area contributed by atoms with Crippen LogP contribution in [0.25, 0.3) is 0 Å². The second-order valence-electron chi connectivity index (χ2n) is 2.49. The van der Waals surface area contributed by atoms with Crippen molar-refractivity contribution >= 4 is 0 Å². The van der Waals surface area contributed by atoms with E-state index in [9.17, 15) is 13.2 Å². The largest absolute Gasteiger partial charge is 0.490 e. The van der Waals surface area contributed by atoms with Gasteiger partial charge in [-0.05, 0) is 12.1 Å². The van der Waals surface area contributed by atoms with Crippen LogP contribution in [0.2, 0.25) is 0 Å². The first kappa shape index (κ1) is 11.5. The van der Waals surface area contributed by atoms with Gasteiger partial charge in [0.1, 0.15) is 0 Å². The first-order valence-electron chi connectivity index (χ1n) is 3.95. The lowest BCUT2D eigenvalue weighted by atomic mass is 10.3. The summed E-state index contributed by atoms with van der Waals surface area (Å²) in [5.74, 6) is -1.45. The van der Waals surface area contributed by atoms with Gasteiger partial charge in [0.05, 0.1) is 14.2 Å². The SMILES string of the molecule is COc1c(F)ccc(OC(F)F)c1OC. The molecule has 1 rings (SSSR count). The highest BCUT2D eigenvalue weighted by Crippen LogP contribution is 2.39. The fourth-order valence-electron chi connectivity index (χ4n) is 1.09. The van der Waals surface area contributed by atoms with Crippen LogP contribution in [0.4, 0.5) is 13.2 Å². The molecule has 84 valence electrons. The smallest absolute Gasteiger partial charge is 0.387 e. The number of ether oxygens (including phenoxy) is 3. The molecule has 15 heavy (non-hydrogen) atoms. The summed E-state index contributed by atoms with van der Waals surface area (Å²) in [5.41, 5.74) is 0. The summed E-state index contributed by atoms with van der Waals surface area (Å²) in [4.78, 5) is 0. The molecule has 0 heterocycles. The van der Waals surface area contributed by atoms with Crippen molar-refractivity contribution in [2.75, 3.05) is 14.2 Å². The minimum atomic E-state index is -3.01. The third kappa shape index (κ3) is 2.45. The Morgan fingerprint density at radius 2 is 1.67 bits per heavy atom. The molecule has 0 aliphatic rings. The molecular formula is C9H9F3O3. The van der Waals surface area contributed by atoms with Crippen LogP contribution in [0, 0.1) is 5.82 Å². The van der Waals surface area contributed by atoms with Gasteiger partial charge in [0.15, 0.2) is 11.6 Å². The molecule has 0 amide bonds. The van der Waals surface area contributed by atoms with Crippen LogP contribution >= 0.6 is 0 Å². The van der Waals surface area contributed by atoms with Gasteiger partial charge in [-0.25, -0.2) is 4.39 Å². The van der Waals surface area contributed by atoms with Crippen molar-refractivity contribution in [3.05, 3.63) is 17.9 Å². The number of methoxy groups -OCH3 is 2. The van der Waals surface area contributed by atoms with E-state index in [1.54, 1.807) is 0 Å². The van der Waals surface area contributed by atoms with Gasteiger partial charge in [0, 0.05) is 0 Å². The van der Waals surface area contributed by atoms with Crippen LogP contribution in [-0.4, -0.2) is 20.8 Å². The molecular weight excluding hydrogens is 213 g/mol. The molecule has 6 heteroatoms. The number of hydrogen-bond donors (Lipinski definition) is 0. The van der Waals surface area contributed by atoms with Crippen LogP contribution in [-0.2, 0) is 0 Å². The highest BCUT2D eigenvalue weighted by molar-refractivity contribution is 5.51. The van der Waals surface area contributed by atoms with Gasteiger partial charge < -0.3 is 14.2 Å². The molecule has 0 saturated heterocycles. The summed E-state index contributed by atoms with van der Waals surface area (Å²) < 4.78 is 50.5. The molecule has 1 aromatic carbocycles. The summed E-state index contributed by atoms with van der Waals surface area (Å²) in [6.07, 6.45) is 0. The highest BCUT2D eigenvalue weighted by Gasteiger charge is 2.18. The zero-order valence-electron chi connectivity index (χ0n) is 8.09. The van der Waals surface area contributed by atoms with Crippen molar-refractivity contribution in [2.45, 2.75) is 6.61 Å². The first-order valence-corrected chi connectivity index (χ1v) is 3.95. The van der Waals surface area contributed by atoms with E-state index >= 15 is 0 Å². The van der Waals surface area contributed by atoms with Crippen LogP contribution < -0.4 is 14.2 Å². The monoisotopic (exact) mass is 222 g/mol.